The lowest BCUT2D eigenvalue weighted by Crippen LogP contribution is -2.49. The molecular formula is C28H52N4O7. The lowest BCUT2D eigenvalue weighted by molar-refractivity contribution is -0.147. The van der Waals surface area contributed by atoms with Gasteiger partial charge in [0.2, 0.25) is 0 Å². The van der Waals surface area contributed by atoms with Gasteiger partial charge in [-0.3, -0.25) is 34.0 Å². The summed E-state index contributed by atoms with van der Waals surface area (Å²) in [5.41, 5.74) is 0. The average molecular weight is 557 g/mol. The third-order valence-corrected chi connectivity index (χ3v) is 6.60. The Morgan fingerprint density at radius 3 is 1.08 bits per heavy atom. The first-order chi connectivity index (χ1) is 18.9. The fourth-order valence-electron chi connectivity index (χ4n) is 4.02. The van der Waals surface area contributed by atoms with E-state index in [0.717, 1.165) is 44.8 Å². The van der Waals surface area contributed by atoms with Crippen LogP contribution in [0.4, 0.5) is 0 Å². The summed E-state index contributed by atoms with van der Waals surface area (Å²) in [6.07, 6.45) is 6.22. The van der Waals surface area contributed by atoms with Gasteiger partial charge in [-0.1, -0.05) is 40.0 Å². The van der Waals surface area contributed by atoms with Crippen LogP contribution in [0, 0.1) is 0 Å². The zero-order valence-corrected chi connectivity index (χ0v) is 24.6. The lowest BCUT2D eigenvalue weighted by Gasteiger charge is -2.33. The fraction of sp³-hybridized carbons (Fsp3) is 0.857. The molecule has 11 heteroatoms. The van der Waals surface area contributed by atoms with Gasteiger partial charge in [-0.2, -0.15) is 0 Å². The van der Waals surface area contributed by atoms with Gasteiger partial charge in [0.15, 0.2) is 0 Å². The molecule has 0 aromatic rings. The van der Waals surface area contributed by atoms with Crippen LogP contribution in [-0.4, -0.2) is 142 Å². The van der Waals surface area contributed by atoms with Crippen LogP contribution >= 0.6 is 0 Å². The summed E-state index contributed by atoms with van der Waals surface area (Å²) in [4.78, 5) is 56.8. The molecule has 0 saturated carbocycles. The Morgan fingerprint density at radius 2 is 0.821 bits per heavy atom. The first-order valence-electron chi connectivity index (χ1n) is 14.7. The number of unbranched alkanes of at least 4 members (excludes halogenated alkanes) is 3. The smallest absolute Gasteiger partial charge is 0.320 e. The molecule has 0 spiro atoms. The second kappa shape index (κ2) is 22.7. The van der Waals surface area contributed by atoms with Crippen LogP contribution in [0.5, 0.6) is 0 Å². The molecule has 0 aromatic carbocycles. The highest BCUT2D eigenvalue weighted by Gasteiger charge is 2.21. The summed E-state index contributed by atoms with van der Waals surface area (Å²) < 4.78 is 16.1. The van der Waals surface area contributed by atoms with E-state index in [1.807, 2.05) is 40.4 Å². The van der Waals surface area contributed by atoms with Crippen LogP contribution in [0.2, 0.25) is 0 Å². The monoisotopic (exact) mass is 556 g/mol. The quantitative estimate of drug-likeness (QED) is 0.112. The van der Waals surface area contributed by atoms with Gasteiger partial charge in [0.1, 0.15) is 6.29 Å². The van der Waals surface area contributed by atoms with E-state index in [2.05, 4.69) is 0 Å². The summed E-state index contributed by atoms with van der Waals surface area (Å²) in [6.45, 7) is 12.6. The molecule has 0 unspecified atom stereocenters. The number of hydrogen-bond donors (Lipinski definition) is 0. The lowest BCUT2D eigenvalue weighted by atomic mass is 10.3. The van der Waals surface area contributed by atoms with Crippen LogP contribution in [0.1, 0.15) is 59.3 Å². The van der Waals surface area contributed by atoms with Crippen molar-refractivity contribution >= 4 is 24.2 Å². The van der Waals surface area contributed by atoms with E-state index >= 15 is 0 Å². The van der Waals surface area contributed by atoms with E-state index in [1.165, 1.54) is 0 Å². The van der Waals surface area contributed by atoms with Crippen molar-refractivity contribution in [3.8, 4) is 0 Å². The predicted molar refractivity (Wildman–Crippen MR) is 149 cm³/mol. The maximum atomic E-state index is 12.5. The van der Waals surface area contributed by atoms with E-state index in [-0.39, 0.29) is 44.1 Å². The molecule has 0 bridgehead atoms. The van der Waals surface area contributed by atoms with Crippen LogP contribution in [-0.2, 0) is 33.4 Å². The van der Waals surface area contributed by atoms with Gasteiger partial charge in [0, 0.05) is 52.4 Å². The molecule has 1 saturated heterocycles. The Morgan fingerprint density at radius 1 is 0.538 bits per heavy atom. The molecule has 1 aliphatic heterocycles. The molecule has 1 rings (SSSR count). The second-order valence-corrected chi connectivity index (χ2v) is 10.0. The molecule has 1 heterocycles. The molecule has 1 fully saturated rings. The Hall–Kier alpha value is -2.08. The second-order valence-electron chi connectivity index (χ2n) is 10.0. The van der Waals surface area contributed by atoms with Crippen molar-refractivity contribution in [3.05, 3.63) is 0 Å². The normalized spacial score (nSPS) is 17.1. The fourth-order valence-corrected chi connectivity index (χ4v) is 4.02. The van der Waals surface area contributed by atoms with Crippen LogP contribution < -0.4 is 0 Å². The van der Waals surface area contributed by atoms with Gasteiger partial charge in [-0.25, -0.2) is 0 Å². The minimum absolute atomic E-state index is 0.143. The first-order valence-corrected chi connectivity index (χ1v) is 14.7. The van der Waals surface area contributed by atoms with Crippen molar-refractivity contribution in [1.29, 1.82) is 0 Å². The number of ether oxygens (including phenoxy) is 3. The van der Waals surface area contributed by atoms with Crippen LogP contribution in [0.15, 0.2) is 0 Å². The molecular weight excluding hydrogens is 504 g/mol. The summed E-state index contributed by atoms with van der Waals surface area (Å²) in [6, 6.07) is 0. The Bertz CT molecular complexity index is 655. The molecule has 0 radical (unpaired) electrons. The summed E-state index contributed by atoms with van der Waals surface area (Å²) in [5.74, 6) is -0.810. The Labute approximate surface area is 235 Å². The predicted octanol–water partition coefficient (Wildman–Crippen LogP) is 1.44. The van der Waals surface area contributed by atoms with Gasteiger partial charge in [0.25, 0.3) is 0 Å². The Kier molecular flexibility index (Phi) is 20.3. The van der Waals surface area contributed by atoms with Crippen molar-refractivity contribution in [2.75, 3.05) is 98.4 Å². The highest BCUT2D eigenvalue weighted by atomic mass is 16.5. The number of carbonyl (C=O) groups is 4. The number of nitrogens with zero attached hydrogens (tertiary/aromatic N) is 4. The third-order valence-electron chi connectivity index (χ3n) is 6.60. The van der Waals surface area contributed by atoms with E-state index in [0.29, 0.717) is 72.2 Å². The third kappa shape index (κ3) is 18.0. The topological polar surface area (TPSA) is 109 Å². The molecule has 0 aliphatic carbocycles. The summed E-state index contributed by atoms with van der Waals surface area (Å²) >= 11 is 0. The minimum Gasteiger partial charge on any atom is -0.465 e. The molecule has 39 heavy (non-hydrogen) atoms. The summed E-state index contributed by atoms with van der Waals surface area (Å²) in [7, 11) is 0. The largest absolute Gasteiger partial charge is 0.465 e. The highest BCUT2D eigenvalue weighted by molar-refractivity contribution is 5.72. The van der Waals surface area contributed by atoms with Crippen molar-refractivity contribution in [2.24, 2.45) is 0 Å². The highest BCUT2D eigenvalue weighted by Crippen LogP contribution is 2.03. The Balaban J connectivity index is 2.92. The van der Waals surface area contributed by atoms with Crippen molar-refractivity contribution in [3.63, 3.8) is 0 Å². The number of esters is 3. The van der Waals surface area contributed by atoms with Crippen LogP contribution in [0.3, 0.4) is 0 Å². The maximum Gasteiger partial charge on any atom is 0.320 e. The van der Waals surface area contributed by atoms with E-state index < -0.39 is 0 Å². The average Bonchev–Trinajstić information content (AvgIpc) is 2.90. The van der Waals surface area contributed by atoms with E-state index in [4.69, 9.17) is 14.2 Å². The van der Waals surface area contributed by atoms with E-state index in [1.54, 1.807) is 0 Å². The van der Waals surface area contributed by atoms with Gasteiger partial charge in [-0.15, -0.1) is 0 Å². The maximum absolute atomic E-state index is 12.5. The number of carbonyl (C=O) groups excluding carboxylic acids is 4. The SMILES string of the molecule is CCCCOC(=O)CN1CCN(CC=O)CCN(CC(=O)OCCCC)CCN(CC(=O)OCCCC)CC1. The van der Waals surface area contributed by atoms with Crippen LogP contribution in [0.25, 0.3) is 0 Å². The molecule has 11 nitrogen and oxygen atoms in total. The van der Waals surface area contributed by atoms with E-state index in [9.17, 15) is 19.2 Å². The number of rotatable bonds is 17. The molecule has 1 aliphatic rings. The molecule has 0 aromatic heterocycles. The van der Waals surface area contributed by atoms with Gasteiger partial charge < -0.3 is 19.0 Å². The van der Waals surface area contributed by atoms with Gasteiger partial charge in [0.05, 0.1) is 46.0 Å². The first kappa shape index (κ1) is 34.9. The molecule has 0 atom stereocenters. The van der Waals surface area contributed by atoms with Crippen molar-refractivity contribution < 1.29 is 33.4 Å². The molecule has 0 amide bonds. The zero-order chi connectivity index (χ0) is 28.7. The molecule has 0 N–H and O–H groups in total. The van der Waals surface area contributed by atoms with Gasteiger partial charge in [-0.05, 0) is 19.3 Å². The standard InChI is InChI=1S/C28H52N4O7/c1-4-7-20-37-26(34)23-30-12-10-29(18-19-33)11-13-31(24-27(35)38-21-8-5-2)15-17-32(16-14-30)25-28(36)39-22-9-6-3/h19H,4-18,20-25H2,1-3H3. The summed E-state index contributed by atoms with van der Waals surface area (Å²) in [5, 5.41) is 0. The number of aldehydes is 1. The van der Waals surface area contributed by atoms with Gasteiger partial charge >= 0.3 is 17.9 Å². The number of hydrogen-bond acceptors (Lipinski definition) is 11. The zero-order valence-electron chi connectivity index (χ0n) is 24.6. The molecule has 226 valence electrons. The minimum atomic E-state index is -0.274. The van der Waals surface area contributed by atoms with Crippen molar-refractivity contribution in [2.45, 2.75) is 59.3 Å². The van der Waals surface area contributed by atoms with Crippen molar-refractivity contribution in [1.82, 2.24) is 19.6 Å².